The summed E-state index contributed by atoms with van der Waals surface area (Å²) < 4.78 is 5.16. The van der Waals surface area contributed by atoms with Gasteiger partial charge in [0.2, 0.25) is 0 Å². The van der Waals surface area contributed by atoms with E-state index < -0.39 is 0 Å². The first-order chi connectivity index (χ1) is 8.24. The lowest BCUT2D eigenvalue weighted by molar-refractivity contribution is 0.112. The van der Waals surface area contributed by atoms with E-state index in [2.05, 4.69) is 4.98 Å². The first kappa shape index (κ1) is 11.3. The van der Waals surface area contributed by atoms with Crippen molar-refractivity contribution in [2.24, 2.45) is 0 Å². The van der Waals surface area contributed by atoms with Gasteiger partial charge in [-0.3, -0.25) is 9.78 Å². The normalized spacial score (nSPS) is 10.0. The summed E-state index contributed by atoms with van der Waals surface area (Å²) in [5, 5.41) is 0. The van der Waals surface area contributed by atoms with E-state index in [1.807, 2.05) is 37.3 Å². The van der Waals surface area contributed by atoms with Gasteiger partial charge in [0.15, 0.2) is 6.29 Å². The Morgan fingerprint density at radius 1 is 1.29 bits per heavy atom. The Kier molecular flexibility index (Phi) is 3.19. The van der Waals surface area contributed by atoms with Crippen molar-refractivity contribution in [2.45, 2.75) is 6.92 Å². The van der Waals surface area contributed by atoms with Crippen molar-refractivity contribution in [3.63, 3.8) is 0 Å². The summed E-state index contributed by atoms with van der Waals surface area (Å²) in [6.45, 7) is 1.91. The summed E-state index contributed by atoms with van der Waals surface area (Å²) in [5.74, 6) is 0.752. The molecule has 1 heterocycles. The van der Waals surface area contributed by atoms with E-state index in [-0.39, 0.29) is 0 Å². The van der Waals surface area contributed by atoms with Gasteiger partial charge in [0.25, 0.3) is 0 Å². The second kappa shape index (κ2) is 4.78. The lowest BCUT2D eigenvalue weighted by atomic mass is 10.1. The van der Waals surface area contributed by atoms with Crippen LogP contribution in [0.5, 0.6) is 5.75 Å². The molecule has 0 N–H and O–H groups in total. The van der Waals surface area contributed by atoms with Crippen LogP contribution in [-0.4, -0.2) is 18.4 Å². The number of aromatic nitrogens is 1. The second-order valence-corrected chi connectivity index (χ2v) is 3.80. The topological polar surface area (TPSA) is 39.2 Å². The minimum atomic E-state index is 0.596. The van der Waals surface area contributed by atoms with E-state index in [9.17, 15) is 4.79 Å². The van der Waals surface area contributed by atoms with Gasteiger partial charge in [0.05, 0.1) is 12.8 Å². The molecular formula is C14H13NO2. The molecule has 0 amide bonds. The minimum Gasteiger partial charge on any atom is -0.497 e. The van der Waals surface area contributed by atoms with Crippen molar-refractivity contribution in [2.75, 3.05) is 7.11 Å². The van der Waals surface area contributed by atoms with Gasteiger partial charge >= 0.3 is 0 Å². The summed E-state index contributed by atoms with van der Waals surface area (Å²) in [5.41, 5.74) is 3.13. The number of ether oxygens (including phenoxy) is 1. The predicted molar refractivity (Wildman–Crippen MR) is 66.3 cm³/mol. The first-order valence-electron chi connectivity index (χ1n) is 5.31. The Labute approximate surface area is 100 Å². The first-order valence-corrected chi connectivity index (χ1v) is 5.31. The van der Waals surface area contributed by atoms with Gasteiger partial charge < -0.3 is 4.74 Å². The average Bonchev–Trinajstić information content (AvgIpc) is 2.38. The fourth-order valence-electron chi connectivity index (χ4n) is 1.69. The molecule has 0 saturated heterocycles. The highest BCUT2D eigenvalue weighted by molar-refractivity contribution is 5.86. The highest BCUT2D eigenvalue weighted by Gasteiger charge is 2.07. The molecular weight excluding hydrogens is 214 g/mol. The molecule has 86 valence electrons. The molecule has 0 bridgehead atoms. The quantitative estimate of drug-likeness (QED) is 0.757. The molecule has 3 heteroatoms. The number of hydrogen-bond acceptors (Lipinski definition) is 3. The average molecular weight is 227 g/mol. The smallest absolute Gasteiger partial charge is 0.152 e. The standard InChI is InChI=1S/C14H13NO2/c1-10-6-12(9-16)14(15-8-10)11-4-3-5-13(7-11)17-2/h3-9H,1-2H3. The Bertz CT molecular complexity index is 550. The van der Waals surface area contributed by atoms with Crippen molar-refractivity contribution < 1.29 is 9.53 Å². The second-order valence-electron chi connectivity index (χ2n) is 3.80. The molecule has 0 unspecified atom stereocenters. The van der Waals surface area contributed by atoms with E-state index >= 15 is 0 Å². The van der Waals surface area contributed by atoms with Gasteiger partial charge in [0.1, 0.15) is 5.75 Å². The number of methoxy groups -OCH3 is 1. The molecule has 0 radical (unpaired) electrons. The fraction of sp³-hybridized carbons (Fsp3) is 0.143. The molecule has 1 aromatic heterocycles. The van der Waals surface area contributed by atoms with Gasteiger partial charge in [-0.15, -0.1) is 0 Å². The monoisotopic (exact) mass is 227 g/mol. The SMILES string of the molecule is COc1cccc(-c2ncc(C)cc2C=O)c1. The molecule has 2 rings (SSSR count). The van der Waals surface area contributed by atoms with E-state index in [1.165, 1.54) is 0 Å². The van der Waals surface area contributed by atoms with Crippen molar-refractivity contribution in [1.29, 1.82) is 0 Å². The van der Waals surface area contributed by atoms with Crippen LogP contribution in [0, 0.1) is 6.92 Å². The van der Waals surface area contributed by atoms with Gasteiger partial charge in [-0.25, -0.2) is 0 Å². The van der Waals surface area contributed by atoms with Gasteiger partial charge in [-0.05, 0) is 30.7 Å². The molecule has 0 aliphatic carbocycles. The Morgan fingerprint density at radius 2 is 2.12 bits per heavy atom. The third-order valence-corrected chi connectivity index (χ3v) is 2.52. The lowest BCUT2D eigenvalue weighted by Crippen LogP contribution is -1.93. The Morgan fingerprint density at radius 3 is 2.82 bits per heavy atom. The minimum absolute atomic E-state index is 0.596. The molecule has 3 nitrogen and oxygen atoms in total. The highest BCUT2D eigenvalue weighted by atomic mass is 16.5. The largest absolute Gasteiger partial charge is 0.497 e. The van der Waals surface area contributed by atoms with Crippen LogP contribution in [0.15, 0.2) is 36.5 Å². The summed E-state index contributed by atoms with van der Waals surface area (Å²) in [4.78, 5) is 15.3. The number of pyridine rings is 1. The number of rotatable bonds is 3. The number of aryl methyl sites for hydroxylation is 1. The number of nitrogens with zero attached hydrogens (tertiary/aromatic N) is 1. The van der Waals surface area contributed by atoms with Crippen molar-refractivity contribution in [1.82, 2.24) is 4.98 Å². The van der Waals surface area contributed by atoms with Crippen LogP contribution in [0.3, 0.4) is 0 Å². The number of carbonyl (C=O) groups is 1. The predicted octanol–water partition coefficient (Wildman–Crippen LogP) is 2.88. The summed E-state index contributed by atoms with van der Waals surface area (Å²) in [7, 11) is 1.61. The highest BCUT2D eigenvalue weighted by Crippen LogP contribution is 2.24. The van der Waals surface area contributed by atoms with Gasteiger partial charge in [-0.2, -0.15) is 0 Å². The van der Waals surface area contributed by atoms with Crippen LogP contribution < -0.4 is 4.74 Å². The van der Waals surface area contributed by atoms with Crippen molar-refractivity contribution in [3.8, 4) is 17.0 Å². The molecule has 0 fully saturated rings. The van der Waals surface area contributed by atoms with Crippen LogP contribution in [0.2, 0.25) is 0 Å². The Balaban J connectivity index is 2.55. The van der Waals surface area contributed by atoms with Gasteiger partial charge in [-0.1, -0.05) is 12.1 Å². The van der Waals surface area contributed by atoms with E-state index in [0.29, 0.717) is 11.3 Å². The third-order valence-electron chi connectivity index (χ3n) is 2.52. The molecule has 0 saturated carbocycles. The van der Waals surface area contributed by atoms with Crippen LogP contribution in [0.25, 0.3) is 11.3 Å². The number of benzene rings is 1. The summed E-state index contributed by atoms with van der Waals surface area (Å²) in [6.07, 6.45) is 2.58. The number of aldehydes is 1. The zero-order valence-corrected chi connectivity index (χ0v) is 9.81. The molecule has 0 atom stereocenters. The van der Waals surface area contributed by atoms with Crippen LogP contribution in [0.1, 0.15) is 15.9 Å². The Hall–Kier alpha value is -2.16. The van der Waals surface area contributed by atoms with Crippen LogP contribution >= 0.6 is 0 Å². The zero-order valence-electron chi connectivity index (χ0n) is 9.81. The van der Waals surface area contributed by atoms with Crippen molar-refractivity contribution in [3.05, 3.63) is 47.7 Å². The number of hydrogen-bond donors (Lipinski definition) is 0. The zero-order chi connectivity index (χ0) is 12.3. The third kappa shape index (κ3) is 2.33. The van der Waals surface area contributed by atoms with Crippen LogP contribution in [0.4, 0.5) is 0 Å². The molecule has 2 aromatic rings. The molecule has 17 heavy (non-hydrogen) atoms. The molecule has 1 aromatic carbocycles. The maximum atomic E-state index is 11.0. The summed E-state index contributed by atoms with van der Waals surface area (Å²) >= 11 is 0. The number of carbonyl (C=O) groups excluding carboxylic acids is 1. The maximum Gasteiger partial charge on any atom is 0.152 e. The molecule has 0 aliphatic rings. The van der Waals surface area contributed by atoms with E-state index in [4.69, 9.17) is 4.74 Å². The maximum absolute atomic E-state index is 11.0. The van der Waals surface area contributed by atoms with E-state index in [0.717, 1.165) is 23.2 Å². The lowest BCUT2D eigenvalue weighted by Gasteiger charge is -2.06. The van der Waals surface area contributed by atoms with E-state index in [1.54, 1.807) is 13.3 Å². The van der Waals surface area contributed by atoms with Crippen molar-refractivity contribution >= 4 is 6.29 Å². The van der Waals surface area contributed by atoms with Gasteiger partial charge in [0, 0.05) is 17.3 Å². The fourth-order valence-corrected chi connectivity index (χ4v) is 1.69. The molecule has 0 spiro atoms. The summed E-state index contributed by atoms with van der Waals surface area (Å²) in [6, 6.07) is 9.34. The molecule has 0 aliphatic heterocycles. The van der Waals surface area contributed by atoms with Crippen LogP contribution in [-0.2, 0) is 0 Å².